The lowest BCUT2D eigenvalue weighted by molar-refractivity contribution is -0.142. The highest BCUT2D eigenvalue weighted by Crippen LogP contribution is 2.38. The number of H-pyrrole nitrogens is 1. The third-order valence-electron chi connectivity index (χ3n) is 7.28. The average molecular weight is 511 g/mol. The van der Waals surface area contributed by atoms with Crippen LogP contribution in [0.25, 0.3) is 33.5 Å². The number of carbonyl (C=O) groups excluding carboxylic acids is 1. The Bertz CT molecular complexity index is 1420. The molecule has 192 valence electrons. The smallest absolute Gasteiger partial charge is 0.416 e. The first kappa shape index (κ1) is 25.0. The van der Waals surface area contributed by atoms with E-state index in [1.807, 2.05) is 12.1 Å². The molecule has 1 saturated carbocycles. The second-order valence-corrected chi connectivity index (χ2v) is 9.63. The number of carbonyl (C=O) groups is 1. The highest BCUT2D eigenvalue weighted by molar-refractivity contribution is 5.81. The van der Waals surface area contributed by atoms with E-state index in [2.05, 4.69) is 22.1 Å². The van der Waals surface area contributed by atoms with Crippen molar-refractivity contribution in [1.29, 1.82) is 0 Å². The Morgan fingerprint density at radius 3 is 2.32 bits per heavy atom. The van der Waals surface area contributed by atoms with Crippen LogP contribution >= 0.6 is 0 Å². The van der Waals surface area contributed by atoms with Gasteiger partial charge < -0.3 is 9.72 Å². The van der Waals surface area contributed by atoms with Gasteiger partial charge in [-0.1, -0.05) is 30.3 Å². The van der Waals surface area contributed by atoms with Crippen LogP contribution in [0.5, 0.6) is 0 Å². The van der Waals surface area contributed by atoms with Gasteiger partial charge in [0.25, 0.3) is 0 Å². The summed E-state index contributed by atoms with van der Waals surface area (Å²) < 4.78 is 58.9. The standard InChI is InChI=1S/C29H26F4N2O2/c1-37-27(36)14-17-2-4-18(5-3-17)19-6-8-20(9-7-19)21-10-12-23(24(30)15-21)28-34-25-13-11-22(29(31,32)33)16-26(25)35-28/h6-13,15-18H,2-5,14H2,1H3,(H,34,35). The number of ether oxygens (including phenoxy) is 1. The number of methoxy groups -OCH3 is 1. The number of alkyl halides is 3. The number of halogens is 4. The van der Waals surface area contributed by atoms with Gasteiger partial charge in [-0.2, -0.15) is 13.2 Å². The number of imidazole rings is 1. The van der Waals surface area contributed by atoms with E-state index in [1.165, 1.54) is 24.8 Å². The van der Waals surface area contributed by atoms with Gasteiger partial charge in [-0.15, -0.1) is 0 Å². The number of aromatic amines is 1. The molecule has 1 aliphatic rings. The summed E-state index contributed by atoms with van der Waals surface area (Å²) in [5.41, 5.74) is 2.73. The van der Waals surface area contributed by atoms with Crippen molar-refractivity contribution in [3.63, 3.8) is 0 Å². The zero-order valence-electron chi connectivity index (χ0n) is 20.2. The van der Waals surface area contributed by atoms with Crippen molar-refractivity contribution in [2.75, 3.05) is 7.11 Å². The van der Waals surface area contributed by atoms with Gasteiger partial charge in [0, 0.05) is 6.42 Å². The first-order valence-corrected chi connectivity index (χ1v) is 12.3. The molecule has 1 aliphatic carbocycles. The molecule has 0 bridgehead atoms. The predicted octanol–water partition coefficient (Wildman–Crippen LogP) is 7.89. The third kappa shape index (κ3) is 5.38. The molecule has 5 rings (SSSR count). The predicted molar refractivity (Wildman–Crippen MR) is 133 cm³/mol. The van der Waals surface area contributed by atoms with Gasteiger partial charge in [0.15, 0.2) is 0 Å². The first-order valence-electron chi connectivity index (χ1n) is 12.3. The van der Waals surface area contributed by atoms with Crippen LogP contribution in [0.4, 0.5) is 17.6 Å². The number of nitrogens with one attached hydrogen (secondary N) is 1. The van der Waals surface area contributed by atoms with Gasteiger partial charge in [-0.05, 0) is 84.5 Å². The zero-order chi connectivity index (χ0) is 26.2. The fraction of sp³-hybridized carbons (Fsp3) is 0.310. The number of rotatable bonds is 5. The molecule has 4 nitrogen and oxygen atoms in total. The minimum absolute atomic E-state index is 0.151. The maximum Gasteiger partial charge on any atom is 0.416 e. The maximum atomic E-state index is 15.1. The van der Waals surface area contributed by atoms with E-state index in [9.17, 15) is 18.0 Å². The van der Waals surface area contributed by atoms with Crippen LogP contribution in [-0.2, 0) is 15.7 Å². The van der Waals surface area contributed by atoms with E-state index in [4.69, 9.17) is 4.74 Å². The van der Waals surface area contributed by atoms with Gasteiger partial charge in [0.1, 0.15) is 11.6 Å². The lowest BCUT2D eigenvalue weighted by Gasteiger charge is -2.28. The van der Waals surface area contributed by atoms with E-state index in [0.717, 1.165) is 43.4 Å². The molecule has 1 N–H and O–H groups in total. The molecular formula is C29H26F4N2O2. The molecule has 1 fully saturated rings. The molecule has 0 aliphatic heterocycles. The number of esters is 1. The summed E-state index contributed by atoms with van der Waals surface area (Å²) in [5.74, 6) is 0.329. The number of hydrogen-bond acceptors (Lipinski definition) is 3. The summed E-state index contributed by atoms with van der Waals surface area (Å²) >= 11 is 0. The van der Waals surface area contributed by atoms with E-state index >= 15 is 4.39 Å². The fourth-order valence-corrected chi connectivity index (χ4v) is 5.17. The second kappa shape index (κ2) is 10.00. The van der Waals surface area contributed by atoms with Crippen LogP contribution in [0, 0.1) is 11.7 Å². The van der Waals surface area contributed by atoms with E-state index < -0.39 is 17.6 Å². The van der Waals surface area contributed by atoms with Crippen LogP contribution in [0.15, 0.2) is 60.7 Å². The number of fused-ring (bicyclic) bond motifs is 1. The van der Waals surface area contributed by atoms with Gasteiger partial charge >= 0.3 is 12.1 Å². The Balaban J connectivity index is 1.30. The van der Waals surface area contributed by atoms with Crippen molar-refractivity contribution in [2.24, 2.45) is 5.92 Å². The summed E-state index contributed by atoms with van der Waals surface area (Å²) in [7, 11) is 1.42. The topological polar surface area (TPSA) is 55.0 Å². The van der Waals surface area contributed by atoms with Crippen molar-refractivity contribution in [3.8, 4) is 22.5 Å². The van der Waals surface area contributed by atoms with Gasteiger partial charge in [-0.25, -0.2) is 9.37 Å². The summed E-state index contributed by atoms with van der Waals surface area (Å²) in [6.07, 6.45) is 0.0394. The van der Waals surface area contributed by atoms with Crippen LogP contribution < -0.4 is 0 Å². The van der Waals surface area contributed by atoms with Crippen molar-refractivity contribution in [3.05, 3.63) is 77.6 Å². The molecule has 37 heavy (non-hydrogen) atoms. The van der Waals surface area contributed by atoms with Crippen LogP contribution in [-0.4, -0.2) is 23.0 Å². The Hall–Kier alpha value is -3.68. The number of benzene rings is 3. The summed E-state index contributed by atoms with van der Waals surface area (Å²) in [4.78, 5) is 18.6. The van der Waals surface area contributed by atoms with Crippen LogP contribution in [0.2, 0.25) is 0 Å². The average Bonchev–Trinajstić information content (AvgIpc) is 3.32. The monoisotopic (exact) mass is 510 g/mol. The molecule has 0 atom stereocenters. The van der Waals surface area contributed by atoms with Crippen molar-refractivity contribution < 1.29 is 27.1 Å². The molecule has 0 saturated heterocycles. The first-order chi connectivity index (χ1) is 17.7. The zero-order valence-corrected chi connectivity index (χ0v) is 20.2. The van der Waals surface area contributed by atoms with E-state index in [-0.39, 0.29) is 22.9 Å². The SMILES string of the molecule is COC(=O)CC1CCC(c2ccc(-c3ccc(-c4nc5ccc(C(F)(F)F)cc5[nH]4)c(F)c3)cc2)CC1. The molecule has 0 radical (unpaired) electrons. The largest absolute Gasteiger partial charge is 0.469 e. The highest BCUT2D eigenvalue weighted by atomic mass is 19.4. The van der Waals surface area contributed by atoms with Crippen molar-refractivity contribution in [1.82, 2.24) is 9.97 Å². The Labute approximate surface area is 211 Å². The molecule has 3 aromatic carbocycles. The molecule has 0 spiro atoms. The second-order valence-electron chi connectivity index (χ2n) is 9.63. The van der Waals surface area contributed by atoms with E-state index in [0.29, 0.717) is 29.3 Å². The quantitative estimate of drug-likeness (QED) is 0.219. The van der Waals surface area contributed by atoms with Gasteiger partial charge in [-0.3, -0.25) is 4.79 Å². The molecule has 0 amide bonds. The highest BCUT2D eigenvalue weighted by Gasteiger charge is 2.31. The number of nitrogens with zero attached hydrogens (tertiary/aromatic N) is 1. The van der Waals surface area contributed by atoms with E-state index in [1.54, 1.807) is 12.1 Å². The molecular weight excluding hydrogens is 484 g/mol. The lowest BCUT2D eigenvalue weighted by Crippen LogP contribution is -2.17. The van der Waals surface area contributed by atoms with Crippen LogP contribution in [0.1, 0.15) is 49.1 Å². The molecule has 0 unspecified atom stereocenters. The Morgan fingerprint density at radius 1 is 0.973 bits per heavy atom. The van der Waals surface area contributed by atoms with Crippen molar-refractivity contribution >= 4 is 17.0 Å². The third-order valence-corrected chi connectivity index (χ3v) is 7.28. The number of aromatic nitrogens is 2. The Kier molecular flexibility index (Phi) is 6.75. The number of hydrogen-bond donors (Lipinski definition) is 1. The minimum Gasteiger partial charge on any atom is -0.469 e. The van der Waals surface area contributed by atoms with Gasteiger partial charge in [0.2, 0.25) is 0 Å². The van der Waals surface area contributed by atoms with Crippen LogP contribution in [0.3, 0.4) is 0 Å². The maximum absolute atomic E-state index is 15.1. The summed E-state index contributed by atoms with van der Waals surface area (Å²) in [6.45, 7) is 0. The fourth-order valence-electron chi connectivity index (χ4n) is 5.17. The van der Waals surface area contributed by atoms with Gasteiger partial charge in [0.05, 0.1) is 29.3 Å². The Morgan fingerprint density at radius 2 is 1.68 bits per heavy atom. The van der Waals surface area contributed by atoms with Crippen molar-refractivity contribution in [2.45, 2.75) is 44.2 Å². The minimum atomic E-state index is -4.47. The lowest BCUT2D eigenvalue weighted by atomic mass is 9.77. The molecule has 4 aromatic rings. The summed E-state index contributed by atoms with van der Waals surface area (Å²) in [5, 5.41) is 0. The molecule has 8 heteroatoms. The molecule has 1 heterocycles. The summed E-state index contributed by atoms with van der Waals surface area (Å²) in [6, 6.07) is 16.1. The molecule has 1 aromatic heterocycles. The normalized spacial score (nSPS) is 18.2.